The van der Waals surface area contributed by atoms with Crippen molar-refractivity contribution in [3.05, 3.63) is 28.0 Å². The van der Waals surface area contributed by atoms with Crippen LogP contribution in [0.25, 0.3) is 0 Å². The van der Waals surface area contributed by atoms with Crippen LogP contribution in [0.4, 0.5) is 4.79 Å². The van der Waals surface area contributed by atoms with Crippen LogP contribution in [0, 0.1) is 0 Å². The molecule has 1 N–H and O–H groups in total. The van der Waals surface area contributed by atoms with E-state index < -0.39 is 23.6 Å². The van der Waals surface area contributed by atoms with E-state index in [1.807, 2.05) is 0 Å². The molecule has 1 aromatic heterocycles. The molecule has 2 rings (SSSR count). The second-order valence-electron chi connectivity index (χ2n) is 5.26. The number of Topliss-reactive ketones (excluding diaryl/α,β-unsaturated/α-hetero) is 1. The van der Waals surface area contributed by atoms with E-state index in [1.165, 1.54) is 24.9 Å². The number of aromatic nitrogens is 1. The monoisotopic (exact) mass is 382 g/mol. The molecule has 0 fully saturated rings. The summed E-state index contributed by atoms with van der Waals surface area (Å²) < 4.78 is 13.8. The number of allylic oxidation sites excluding steroid dienone is 2. The Morgan fingerprint density at radius 3 is 2.65 bits per heavy atom. The molecule has 0 spiro atoms. The van der Waals surface area contributed by atoms with E-state index in [0.717, 1.165) is 26.4 Å². The first-order valence-electron chi connectivity index (χ1n) is 7.83. The predicted octanol–water partition coefficient (Wildman–Crippen LogP) is 1.98. The lowest BCUT2D eigenvalue weighted by Gasteiger charge is -2.10. The number of alkyl carbamates (subject to hydrolysis) is 1. The van der Waals surface area contributed by atoms with Gasteiger partial charge in [0.1, 0.15) is 5.56 Å². The van der Waals surface area contributed by atoms with Gasteiger partial charge < -0.3 is 19.3 Å². The third-order valence-corrected chi connectivity index (χ3v) is 4.65. The van der Waals surface area contributed by atoms with Gasteiger partial charge >= 0.3 is 12.1 Å². The fraction of sp³-hybridized carbons (Fsp3) is 0.438. The van der Waals surface area contributed by atoms with Crippen LogP contribution in [0.1, 0.15) is 50.7 Å². The van der Waals surface area contributed by atoms with Gasteiger partial charge in [-0.05, 0) is 18.6 Å². The zero-order valence-electron chi connectivity index (χ0n) is 14.3. The minimum atomic E-state index is -0.833. The quantitative estimate of drug-likeness (QED) is 0.530. The first-order valence-corrected chi connectivity index (χ1v) is 8.81. The van der Waals surface area contributed by atoms with Gasteiger partial charge in [0.25, 0.3) is 0 Å². The Morgan fingerprint density at radius 1 is 1.19 bits per heavy atom. The van der Waals surface area contributed by atoms with Gasteiger partial charge in [0.05, 0.1) is 19.1 Å². The highest BCUT2D eigenvalue weighted by Crippen LogP contribution is 2.31. The van der Waals surface area contributed by atoms with E-state index in [0.29, 0.717) is 12.3 Å². The van der Waals surface area contributed by atoms with E-state index in [4.69, 9.17) is 4.52 Å². The molecular formula is C16H18N2O7S. The van der Waals surface area contributed by atoms with Crippen molar-refractivity contribution in [3.63, 3.8) is 0 Å². The summed E-state index contributed by atoms with van der Waals surface area (Å²) >= 11 is 1.23. The molecule has 0 atom stereocenters. The first-order chi connectivity index (χ1) is 12.5. The second-order valence-corrected chi connectivity index (χ2v) is 6.39. The van der Waals surface area contributed by atoms with Gasteiger partial charge in [-0.3, -0.25) is 9.59 Å². The molecule has 0 bridgehead atoms. The Kier molecular flexibility index (Phi) is 6.96. The molecule has 9 nitrogen and oxygen atoms in total. The fourth-order valence-electron chi connectivity index (χ4n) is 2.23. The lowest BCUT2D eigenvalue weighted by atomic mass is 10.00. The van der Waals surface area contributed by atoms with Gasteiger partial charge in [0.2, 0.25) is 23.0 Å². The van der Waals surface area contributed by atoms with Crippen LogP contribution < -0.4 is 5.32 Å². The summed E-state index contributed by atoms with van der Waals surface area (Å²) in [4.78, 5) is 47.4. The normalized spacial score (nSPS) is 13.1. The molecule has 0 unspecified atom stereocenters. The average Bonchev–Trinajstić information content (AvgIpc) is 3.09. The van der Waals surface area contributed by atoms with Gasteiger partial charge in [0, 0.05) is 12.6 Å². The predicted molar refractivity (Wildman–Crippen MR) is 91.3 cm³/mol. The third kappa shape index (κ3) is 4.51. The molecule has 1 aliphatic carbocycles. The van der Waals surface area contributed by atoms with Gasteiger partial charge in [-0.15, -0.1) is 11.8 Å². The number of carbonyl (C=O) groups excluding carboxylic acids is 4. The zero-order chi connectivity index (χ0) is 19.1. The number of nitrogens with one attached hydrogen (secondary N) is 1. The highest BCUT2D eigenvalue weighted by molar-refractivity contribution is 8.04. The molecule has 1 heterocycles. The number of hydrogen-bond acceptors (Lipinski definition) is 9. The number of ketones is 2. The summed E-state index contributed by atoms with van der Waals surface area (Å²) in [5.41, 5.74) is -0.435. The Morgan fingerprint density at radius 2 is 1.96 bits per heavy atom. The number of rotatable bonds is 8. The number of thioether (sulfide) groups is 1. The van der Waals surface area contributed by atoms with Crippen molar-refractivity contribution in [1.82, 2.24) is 10.5 Å². The van der Waals surface area contributed by atoms with E-state index >= 15 is 0 Å². The first kappa shape index (κ1) is 19.7. The summed E-state index contributed by atoms with van der Waals surface area (Å²) in [5.74, 6) is -1.45. The molecule has 0 radical (unpaired) electrons. The number of ether oxygens (including phenoxy) is 2. The lowest BCUT2D eigenvalue weighted by Crippen LogP contribution is -2.23. The molecule has 26 heavy (non-hydrogen) atoms. The van der Waals surface area contributed by atoms with Crippen LogP contribution in [0.2, 0.25) is 0 Å². The van der Waals surface area contributed by atoms with Crippen molar-refractivity contribution in [1.29, 1.82) is 0 Å². The Bertz CT molecular complexity index is 754. The molecule has 0 aliphatic heterocycles. The molecule has 1 aromatic rings. The highest BCUT2D eigenvalue weighted by atomic mass is 32.2. The summed E-state index contributed by atoms with van der Waals surface area (Å²) in [6.07, 6.45) is 3.11. The summed E-state index contributed by atoms with van der Waals surface area (Å²) in [6.45, 7) is 0.504. The Balaban J connectivity index is 1.87. The number of nitrogens with zero attached hydrogens (tertiary/aromatic N) is 1. The number of amides is 1. The minimum absolute atomic E-state index is 0.144. The van der Waals surface area contributed by atoms with Gasteiger partial charge in [0.15, 0.2) is 0 Å². The van der Waals surface area contributed by atoms with E-state index in [1.54, 1.807) is 0 Å². The number of esters is 1. The van der Waals surface area contributed by atoms with Crippen LogP contribution in [0.15, 0.2) is 15.5 Å². The topological polar surface area (TPSA) is 125 Å². The highest BCUT2D eigenvalue weighted by Gasteiger charge is 2.36. The van der Waals surface area contributed by atoms with E-state index in [-0.39, 0.29) is 21.9 Å². The van der Waals surface area contributed by atoms with Crippen LogP contribution in [-0.2, 0) is 9.47 Å². The van der Waals surface area contributed by atoms with Gasteiger partial charge in [-0.1, -0.05) is 11.6 Å². The third-order valence-electron chi connectivity index (χ3n) is 3.54. The van der Waals surface area contributed by atoms with E-state index in [2.05, 4.69) is 19.9 Å². The minimum Gasteiger partial charge on any atom is -0.464 e. The smallest absolute Gasteiger partial charge is 0.406 e. The summed E-state index contributed by atoms with van der Waals surface area (Å²) in [5, 5.41) is 6.05. The number of fused-ring (bicyclic) bond motifs is 1. The average molecular weight is 382 g/mol. The van der Waals surface area contributed by atoms with Crippen molar-refractivity contribution in [2.45, 2.75) is 19.3 Å². The van der Waals surface area contributed by atoms with Crippen LogP contribution in [-0.4, -0.2) is 55.3 Å². The van der Waals surface area contributed by atoms with Crippen molar-refractivity contribution < 1.29 is 33.2 Å². The maximum absolute atomic E-state index is 12.5. The van der Waals surface area contributed by atoms with Crippen LogP contribution in [0.5, 0.6) is 0 Å². The number of methoxy groups -OCH3 is 2. The van der Waals surface area contributed by atoms with Crippen molar-refractivity contribution >= 4 is 35.4 Å². The lowest BCUT2D eigenvalue weighted by molar-refractivity contribution is 0.0586. The summed E-state index contributed by atoms with van der Waals surface area (Å²) in [6, 6.07) is 0. The van der Waals surface area contributed by atoms with Crippen molar-refractivity contribution in [2.24, 2.45) is 0 Å². The number of unbranched alkanes of at least 4 members (excludes halogenated alkanes) is 2. The van der Waals surface area contributed by atoms with Gasteiger partial charge in [-0.2, -0.15) is 0 Å². The summed E-state index contributed by atoms with van der Waals surface area (Å²) in [7, 11) is 2.45. The standard InChI is InChI=1S/C16H18N2O7S/c1-23-15(21)12-11-13(20)10(8-9(19)14(11)25-18-12)26-7-5-3-4-6-17-16(22)24-2/h8H,3-7H2,1-2H3,(H,17,22). The molecule has 0 saturated carbocycles. The fourth-order valence-corrected chi connectivity index (χ4v) is 3.23. The maximum Gasteiger partial charge on any atom is 0.406 e. The van der Waals surface area contributed by atoms with Gasteiger partial charge in [-0.25, -0.2) is 9.59 Å². The molecule has 140 valence electrons. The van der Waals surface area contributed by atoms with Crippen molar-refractivity contribution in [3.8, 4) is 0 Å². The number of hydrogen-bond donors (Lipinski definition) is 1. The Hall–Kier alpha value is -2.62. The maximum atomic E-state index is 12.5. The number of carbonyl (C=O) groups is 4. The van der Waals surface area contributed by atoms with E-state index in [9.17, 15) is 19.2 Å². The zero-order valence-corrected chi connectivity index (χ0v) is 15.1. The molecule has 1 amide bonds. The Labute approximate surface area is 153 Å². The van der Waals surface area contributed by atoms with Crippen molar-refractivity contribution in [2.75, 3.05) is 26.5 Å². The SMILES string of the molecule is COC(=O)NCCCCCSC1=CC(=O)c2onc(C(=O)OC)c2C1=O. The largest absolute Gasteiger partial charge is 0.464 e. The molecule has 1 aliphatic rings. The molecular weight excluding hydrogens is 364 g/mol. The van der Waals surface area contributed by atoms with Crippen LogP contribution >= 0.6 is 11.8 Å². The molecule has 0 saturated heterocycles. The molecule has 10 heteroatoms. The van der Waals surface area contributed by atoms with Crippen LogP contribution in [0.3, 0.4) is 0 Å². The molecule has 0 aromatic carbocycles. The second kappa shape index (κ2) is 9.18.